The Labute approximate surface area is 126 Å². The molecule has 1 aromatic carbocycles. The van der Waals surface area contributed by atoms with Crippen LogP contribution in [0, 0.1) is 23.4 Å². The van der Waals surface area contributed by atoms with Gasteiger partial charge in [0, 0.05) is 6.04 Å². The van der Waals surface area contributed by atoms with Gasteiger partial charge < -0.3 is 16.0 Å². The van der Waals surface area contributed by atoms with Crippen molar-refractivity contribution in [1.82, 2.24) is 10.6 Å². The van der Waals surface area contributed by atoms with E-state index in [1.165, 1.54) is 0 Å². The first-order valence-corrected chi connectivity index (χ1v) is 6.70. The Morgan fingerprint density at radius 3 is 2.32 bits per heavy atom. The van der Waals surface area contributed by atoms with Crippen LogP contribution in [-0.2, 0) is 4.79 Å². The Kier molecular flexibility index (Phi) is 6.21. The fraction of sp³-hybridized carbons (Fsp3) is 0.429. The molecule has 0 spiro atoms. The molecule has 1 rings (SSSR count). The van der Waals surface area contributed by atoms with Crippen molar-refractivity contribution in [2.75, 3.05) is 11.9 Å². The Morgan fingerprint density at radius 1 is 1.09 bits per heavy atom. The molecule has 0 heterocycles. The maximum absolute atomic E-state index is 13.4. The van der Waals surface area contributed by atoms with Gasteiger partial charge in [-0.2, -0.15) is 0 Å². The summed E-state index contributed by atoms with van der Waals surface area (Å²) in [5.41, 5.74) is -0.498. The third kappa shape index (κ3) is 4.94. The van der Waals surface area contributed by atoms with Crippen molar-refractivity contribution in [3.63, 3.8) is 0 Å². The van der Waals surface area contributed by atoms with Crippen molar-refractivity contribution in [3.8, 4) is 0 Å². The lowest BCUT2D eigenvalue weighted by Gasteiger charge is -2.17. The van der Waals surface area contributed by atoms with Crippen LogP contribution in [0.15, 0.2) is 12.1 Å². The van der Waals surface area contributed by atoms with Gasteiger partial charge in [-0.15, -0.1) is 0 Å². The first kappa shape index (κ1) is 17.8. The van der Waals surface area contributed by atoms with Crippen LogP contribution >= 0.6 is 0 Å². The van der Waals surface area contributed by atoms with E-state index in [2.05, 4.69) is 10.6 Å². The first-order chi connectivity index (χ1) is 10.2. The molecule has 0 aromatic heterocycles. The number of benzene rings is 1. The number of rotatable bonds is 5. The van der Waals surface area contributed by atoms with Gasteiger partial charge in [-0.05, 0) is 25.0 Å². The van der Waals surface area contributed by atoms with Crippen molar-refractivity contribution in [1.29, 1.82) is 0 Å². The molecule has 8 heteroatoms. The van der Waals surface area contributed by atoms with Gasteiger partial charge in [0.25, 0.3) is 0 Å². The second-order valence-electron chi connectivity index (χ2n) is 5.13. The van der Waals surface area contributed by atoms with Crippen LogP contribution in [0.5, 0.6) is 0 Å². The third-order valence-electron chi connectivity index (χ3n) is 3.08. The molecule has 0 saturated carbocycles. The number of nitrogens with one attached hydrogen (secondary N) is 3. The van der Waals surface area contributed by atoms with Crippen LogP contribution in [-0.4, -0.2) is 24.5 Å². The van der Waals surface area contributed by atoms with Crippen LogP contribution in [0.4, 0.5) is 23.7 Å². The van der Waals surface area contributed by atoms with Gasteiger partial charge in [-0.1, -0.05) is 13.8 Å². The minimum Gasteiger partial charge on any atom is -0.335 e. The number of hydrogen-bond donors (Lipinski definition) is 3. The van der Waals surface area contributed by atoms with Crippen LogP contribution in [0.3, 0.4) is 0 Å². The molecular formula is C14H18F3N3O2. The topological polar surface area (TPSA) is 70.2 Å². The molecule has 0 aliphatic heterocycles. The van der Waals surface area contributed by atoms with Gasteiger partial charge in [0.1, 0.15) is 0 Å². The smallest absolute Gasteiger partial charge is 0.315 e. The SMILES string of the molecule is CC(C)C(C)NC(=O)NCC(=O)Nc1ccc(F)c(F)c1F. The zero-order chi connectivity index (χ0) is 16.9. The normalized spacial score (nSPS) is 12.0. The van der Waals surface area contributed by atoms with Crippen LogP contribution in [0.2, 0.25) is 0 Å². The third-order valence-corrected chi connectivity index (χ3v) is 3.08. The van der Waals surface area contributed by atoms with Crippen molar-refractivity contribution < 1.29 is 22.8 Å². The zero-order valence-corrected chi connectivity index (χ0v) is 12.5. The first-order valence-electron chi connectivity index (χ1n) is 6.70. The van der Waals surface area contributed by atoms with Gasteiger partial charge in [0.15, 0.2) is 17.5 Å². The van der Waals surface area contributed by atoms with E-state index in [9.17, 15) is 22.8 Å². The highest BCUT2D eigenvalue weighted by Crippen LogP contribution is 2.19. The Morgan fingerprint density at radius 2 is 1.73 bits per heavy atom. The summed E-state index contributed by atoms with van der Waals surface area (Å²) in [6, 6.07) is 0.944. The van der Waals surface area contributed by atoms with E-state index in [0.29, 0.717) is 6.07 Å². The maximum Gasteiger partial charge on any atom is 0.315 e. The van der Waals surface area contributed by atoms with Crippen molar-refractivity contribution in [3.05, 3.63) is 29.6 Å². The fourth-order valence-electron chi connectivity index (χ4n) is 1.40. The van der Waals surface area contributed by atoms with E-state index in [4.69, 9.17) is 0 Å². The molecule has 0 bridgehead atoms. The highest BCUT2D eigenvalue weighted by Gasteiger charge is 2.16. The second kappa shape index (κ2) is 7.67. The molecule has 0 saturated heterocycles. The van der Waals surface area contributed by atoms with Crippen LogP contribution in [0.25, 0.3) is 0 Å². The highest BCUT2D eigenvalue weighted by molar-refractivity contribution is 5.94. The molecule has 1 atom stereocenters. The summed E-state index contributed by atoms with van der Waals surface area (Å²) in [6.45, 7) is 5.21. The lowest BCUT2D eigenvalue weighted by molar-refractivity contribution is -0.115. The summed E-state index contributed by atoms with van der Waals surface area (Å²) in [5, 5.41) is 6.94. The monoisotopic (exact) mass is 317 g/mol. The summed E-state index contributed by atoms with van der Waals surface area (Å²) in [6.07, 6.45) is 0. The van der Waals surface area contributed by atoms with Crippen molar-refractivity contribution in [2.45, 2.75) is 26.8 Å². The molecule has 0 aliphatic carbocycles. The van der Waals surface area contributed by atoms with E-state index in [0.717, 1.165) is 6.07 Å². The molecule has 0 fully saturated rings. The van der Waals surface area contributed by atoms with E-state index in [-0.39, 0.29) is 12.0 Å². The molecule has 122 valence electrons. The van der Waals surface area contributed by atoms with Gasteiger partial charge in [0.2, 0.25) is 5.91 Å². The zero-order valence-electron chi connectivity index (χ0n) is 12.5. The molecular weight excluding hydrogens is 299 g/mol. The van der Waals surface area contributed by atoms with Crippen molar-refractivity contribution in [2.24, 2.45) is 5.92 Å². The van der Waals surface area contributed by atoms with E-state index in [1.54, 1.807) is 6.92 Å². The summed E-state index contributed by atoms with van der Waals surface area (Å²) < 4.78 is 39.1. The number of anilines is 1. The molecule has 1 unspecified atom stereocenters. The minimum atomic E-state index is -1.67. The number of carbonyl (C=O) groups excluding carboxylic acids is 2. The van der Waals surface area contributed by atoms with Gasteiger partial charge in [-0.25, -0.2) is 18.0 Å². The van der Waals surface area contributed by atoms with Crippen molar-refractivity contribution >= 4 is 17.6 Å². The molecule has 1 aromatic rings. The molecule has 22 heavy (non-hydrogen) atoms. The Hall–Kier alpha value is -2.25. The number of halogens is 3. The van der Waals surface area contributed by atoms with Crippen LogP contribution in [0.1, 0.15) is 20.8 Å². The lowest BCUT2D eigenvalue weighted by atomic mass is 10.1. The maximum atomic E-state index is 13.4. The lowest BCUT2D eigenvalue weighted by Crippen LogP contribution is -2.45. The molecule has 3 amide bonds. The Bertz CT molecular complexity index is 565. The summed E-state index contributed by atoms with van der Waals surface area (Å²) in [7, 11) is 0. The number of carbonyl (C=O) groups is 2. The predicted octanol–water partition coefficient (Wildman–Crippen LogP) is 2.39. The average molecular weight is 317 g/mol. The quantitative estimate of drug-likeness (QED) is 0.730. The fourth-order valence-corrected chi connectivity index (χ4v) is 1.40. The molecule has 5 nitrogen and oxygen atoms in total. The Balaban J connectivity index is 2.51. The second-order valence-corrected chi connectivity index (χ2v) is 5.13. The predicted molar refractivity (Wildman–Crippen MR) is 75.8 cm³/mol. The minimum absolute atomic E-state index is 0.0910. The molecule has 3 N–H and O–H groups in total. The average Bonchev–Trinajstić information content (AvgIpc) is 2.45. The molecule has 0 aliphatic rings. The summed E-state index contributed by atoms with van der Waals surface area (Å²) in [5.74, 6) is -5.07. The largest absolute Gasteiger partial charge is 0.335 e. The summed E-state index contributed by atoms with van der Waals surface area (Å²) >= 11 is 0. The van der Waals surface area contributed by atoms with E-state index in [1.807, 2.05) is 19.2 Å². The number of amides is 3. The number of hydrogen-bond acceptors (Lipinski definition) is 2. The highest BCUT2D eigenvalue weighted by atomic mass is 19.2. The summed E-state index contributed by atoms with van der Waals surface area (Å²) in [4.78, 5) is 23.0. The molecule has 0 radical (unpaired) electrons. The van der Waals surface area contributed by atoms with Gasteiger partial charge in [0.05, 0.1) is 12.2 Å². The standard InChI is InChI=1S/C14H18F3N3O2/c1-7(2)8(3)19-14(22)18-6-11(21)20-10-5-4-9(15)12(16)13(10)17/h4-5,7-8H,6H2,1-3H3,(H,20,21)(H2,18,19,22). The van der Waals surface area contributed by atoms with E-state index < -0.39 is 41.6 Å². The van der Waals surface area contributed by atoms with E-state index >= 15 is 0 Å². The van der Waals surface area contributed by atoms with Gasteiger partial charge in [-0.3, -0.25) is 4.79 Å². The van der Waals surface area contributed by atoms with Gasteiger partial charge >= 0.3 is 6.03 Å². The number of urea groups is 1. The van der Waals surface area contributed by atoms with Crippen LogP contribution < -0.4 is 16.0 Å².